The first-order valence-corrected chi connectivity index (χ1v) is 8.95. The minimum Gasteiger partial charge on any atom is -0.369 e. The Morgan fingerprint density at radius 3 is 2.36 bits per heavy atom. The number of nitrogens with one attached hydrogen (secondary N) is 1. The van der Waals surface area contributed by atoms with E-state index in [9.17, 15) is 0 Å². The van der Waals surface area contributed by atoms with E-state index in [1.165, 1.54) is 16.5 Å². The van der Waals surface area contributed by atoms with Gasteiger partial charge in [-0.3, -0.25) is 0 Å². The van der Waals surface area contributed by atoms with Gasteiger partial charge in [-0.05, 0) is 47.6 Å². The summed E-state index contributed by atoms with van der Waals surface area (Å²) in [7, 11) is 0. The van der Waals surface area contributed by atoms with Crippen LogP contribution in [0, 0.1) is 0 Å². The van der Waals surface area contributed by atoms with Crippen molar-refractivity contribution < 1.29 is 0 Å². The summed E-state index contributed by atoms with van der Waals surface area (Å²) in [6, 6.07) is 13.8. The minimum absolute atomic E-state index is 0.258. The number of hydrogen-bond acceptors (Lipinski definition) is 1. The molecule has 0 fully saturated rings. The number of rotatable bonds is 2. The van der Waals surface area contributed by atoms with E-state index in [2.05, 4.69) is 34.6 Å². The summed E-state index contributed by atoms with van der Waals surface area (Å²) in [4.78, 5) is 4.54. The lowest BCUT2D eigenvalue weighted by molar-refractivity contribution is 1.02. The van der Waals surface area contributed by atoms with E-state index in [1.807, 2.05) is 6.07 Å². The molecule has 0 radical (unpaired) electrons. The van der Waals surface area contributed by atoms with Crippen molar-refractivity contribution >= 4 is 62.9 Å². The van der Waals surface area contributed by atoms with Gasteiger partial charge in [-0.2, -0.15) is 0 Å². The highest BCUT2D eigenvalue weighted by atomic mass is 35.5. The highest BCUT2D eigenvalue weighted by molar-refractivity contribution is 6.48. The smallest absolute Gasteiger partial charge is 0.198 e. The average molecular weight is 391 g/mol. The molecule has 0 unspecified atom stereocenters. The van der Waals surface area contributed by atoms with Crippen molar-refractivity contribution in [1.29, 1.82) is 0 Å². The standard InChI is InChI=1S/C19H14Cl3N3/c20-14-8-12(9-15(21)18(14)22)24-19(23)25-16-7-6-11-5-4-10-2-1-3-13(16)17(10)11/h1-3,6-9H,4-5H2,(H3,23,24,25). The second-order valence-corrected chi connectivity index (χ2v) is 7.15. The third kappa shape index (κ3) is 3.04. The normalized spacial score (nSPS) is 13.5. The maximum Gasteiger partial charge on any atom is 0.198 e. The van der Waals surface area contributed by atoms with Crippen LogP contribution < -0.4 is 11.1 Å². The molecule has 3 N–H and O–H groups in total. The second kappa shape index (κ2) is 6.41. The van der Waals surface area contributed by atoms with Gasteiger partial charge in [-0.25, -0.2) is 4.99 Å². The number of nitrogens with two attached hydrogens (primary N) is 1. The molecule has 0 atom stereocenters. The summed E-state index contributed by atoms with van der Waals surface area (Å²) in [6.45, 7) is 0. The number of benzene rings is 3. The molecule has 1 aliphatic rings. The maximum absolute atomic E-state index is 6.08. The molecule has 4 rings (SSSR count). The van der Waals surface area contributed by atoms with Crippen molar-refractivity contribution in [2.45, 2.75) is 12.8 Å². The first-order valence-electron chi connectivity index (χ1n) is 7.82. The van der Waals surface area contributed by atoms with Gasteiger partial charge in [0.25, 0.3) is 0 Å². The van der Waals surface area contributed by atoms with E-state index in [4.69, 9.17) is 40.5 Å². The van der Waals surface area contributed by atoms with E-state index in [0.29, 0.717) is 20.8 Å². The molecule has 1 aliphatic carbocycles. The highest BCUT2D eigenvalue weighted by Gasteiger charge is 2.15. The van der Waals surface area contributed by atoms with Gasteiger partial charge in [0.05, 0.1) is 20.8 Å². The Hall–Kier alpha value is -1.94. The molecular formula is C19H14Cl3N3. The Morgan fingerprint density at radius 2 is 1.64 bits per heavy atom. The van der Waals surface area contributed by atoms with Gasteiger partial charge in [0, 0.05) is 11.1 Å². The van der Waals surface area contributed by atoms with Gasteiger partial charge in [0.1, 0.15) is 0 Å². The zero-order chi connectivity index (χ0) is 17.6. The Labute approximate surface area is 160 Å². The van der Waals surface area contributed by atoms with Crippen LogP contribution in [0.4, 0.5) is 11.4 Å². The lowest BCUT2D eigenvalue weighted by Crippen LogP contribution is -2.22. The fraction of sp³-hybridized carbons (Fsp3) is 0.105. The number of guanidine groups is 1. The van der Waals surface area contributed by atoms with Crippen LogP contribution >= 0.6 is 34.8 Å². The molecule has 6 heteroatoms. The molecule has 126 valence electrons. The van der Waals surface area contributed by atoms with Crippen molar-refractivity contribution in [1.82, 2.24) is 0 Å². The van der Waals surface area contributed by atoms with Gasteiger partial charge >= 0.3 is 0 Å². The molecule has 3 aromatic carbocycles. The van der Waals surface area contributed by atoms with Crippen LogP contribution in [0.25, 0.3) is 10.8 Å². The Bertz CT molecular complexity index is 995. The molecule has 0 saturated heterocycles. The number of nitrogens with zero attached hydrogens (tertiary/aromatic N) is 1. The monoisotopic (exact) mass is 389 g/mol. The van der Waals surface area contributed by atoms with Gasteiger partial charge < -0.3 is 11.1 Å². The van der Waals surface area contributed by atoms with Crippen LogP contribution in [0.15, 0.2) is 47.5 Å². The van der Waals surface area contributed by atoms with Crippen molar-refractivity contribution in [3.05, 3.63) is 68.7 Å². The van der Waals surface area contributed by atoms with Crippen LogP contribution in [0.2, 0.25) is 15.1 Å². The van der Waals surface area contributed by atoms with E-state index in [0.717, 1.165) is 23.9 Å². The van der Waals surface area contributed by atoms with E-state index >= 15 is 0 Å². The second-order valence-electron chi connectivity index (χ2n) is 5.96. The number of aryl methyl sites for hydroxylation is 2. The molecule has 0 saturated carbocycles. The number of aliphatic imine (C=N–C) groups is 1. The minimum atomic E-state index is 0.258. The molecular weight excluding hydrogens is 377 g/mol. The Morgan fingerprint density at radius 1 is 0.960 bits per heavy atom. The van der Waals surface area contributed by atoms with Crippen molar-refractivity contribution in [3.63, 3.8) is 0 Å². The van der Waals surface area contributed by atoms with E-state index < -0.39 is 0 Å². The first kappa shape index (κ1) is 16.5. The number of hydrogen-bond donors (Lipinski definition) is 2. The molecule has 3 aromatic rings. The molecule has 0 bridgehead atoms. The molecule has 0 spiro atoms. The summed E-state index contributed by atoms with van der Waals surface area (Å²) in [5.41, 5.74) is 10.3. The third-order valence-corrected chi connectivity index (χ3v) is 5.55. The van der Waals surface area contributed by atoms with Crippen LogP contribution in [0.3, 0.4) is 0 Å². The zero-order valence-electron chi connectivity index (χ0n) is 13.1. The summed E-state index contributed by atoms with van der Waals surface area (Å²) < 4.78 is 0. The fourth-order valence-electron chi connectivity index (χ4n) is 3.26. The topological polar surface area (TPSA) is 50.4 Å². The average Bonchev–Trinajstić information content (AvgIpc) is 3.00. The quantitative estimate of drug-likeness (QED) is 0.322. The van der Waals surface area contributed by atoms with E-state index in [-0.39, 0.29) is 5.96 Å². The SMILES string of the molecule is NC(=Nc1ccc2c3c(cccc13)CC2)Nc1cc(Cl)c(Cl)c(Cl)c1. The van der Waals surface area contributed by atoms with Crippen LogP contribution in [-0.2, 0) is 12.8 Å². The predicted molar refractivity (Wildman–Crippen MR) is 108 cm³/mol. The molecule has 0 amide bonds. The van der Waals surface area contributed by atoms with Crippen molar-refractivity contribution in [2.24, 2.45) is 10.7 Å². The Kier molecular flexibility index (Phi) is 4.24. The summed E-state index contributed by atoms with van der Waals surface area (Å²) in [5, 5.41) is 6.45. The number of halogens is 3. The van der Waals surface area contributed by atoms with Gasteiger partial charge in [0.15, 0.2) is 5.96 Å². The van der Waals surface area contributed by atoms with Crippen LogP contribution in [-0.4, -0.2) is 5.96 Å². The summed E-state index contributed by atoms with van der Waals surface area (Å²) in [5.74, 6) is 0.258. The lowest BCUT2D eigenvalue weighted by Gasteiger charge is -2.10. The van der Waals surface area contributed by atoms with E-state index in [1.54, 1.807) is 12.1 Å². The predicted octanol–water partition coefficient (Wildman–Crippen LogP) is 5.96. The Balaban J connectivity index is 1.71. The summed E-state index contributed by atoms with van der Waals surface area (Å²) >= 11 is 18.1. The molecule has 0 aliphatic heterocycles. The molecule has 25 heavy (non-hydrogen) atoms. The zero-order valence-corrected chi connectivity index (χ0v) is 15.4. The lowest BCUT2D eigenvalue weighted by atomic mass is 10.0. The molecule has 0 aromatic heterocycles. The van der Waals surface area contributed by atoms with Gasteiger partial charge in [-0.1, -0.05) is 59.1 Å². The largest absolute Gasteiger partial charge is 0.369 e. The molecule has 3 nitrogen and oxygen atoms in total. The maximum atomic E-state index is 6.08. The van der Waals surface area contributed by atoms with Crippen molar-refractivity contribution in [3.8, 4) is 0 Å². The third-order valence-electron chi connectivity index (χ3n) is 4.35. The fourth-order valence-corrected chi connectivity index (χ4v) is 3.86. The first-order chi connectivity index (χ1) is 12.0. The van der Waals surface area contributed by atoms with Crippen LogP contribution in [0.5, 0.6) is 0 Å². The van der Waals surface area contributed by atoms with Crippen molar-refractivity contribution in [2.75, 3.05) is 5.32 Å². The highest BCUT2D eigenvalue weighted by Crippen LogP contribution is 2.36. The molecule has 0 heterocycles. The summed E-state index contributed by atoms with van der Waals surface area (Å²) in [6.07, 6.45) is 2.16. The van der Waals surface area contributed by atoms with Gasteiger partial charge in [0.2, 0.25) is 0 Å². The van der Waals surface area contributed by atoms with Crippen LogP contribution in [0.1, 0.15) is 11.1 Å². The van der Waals surface area contributed by atoms with Gasteiger partial charge in [-0.15, -0.1) is 0 Å². The number of anilines is 1.